The Morgan fingerprint density at radius 2 is 1.71 bits per heavy atom. The van der Waals surface area contributed by atoms with Gasteiger partial charge in [-0.1, -0.05) is 67.9 Å². The zero-order chi connectivity index (χ0) is 23.5. The van der Waals surface area contributed by atoms with Crippen LogP contribution in [0.5, 0.6) is 0 Å². The number of carbonyl (C=O) groups excluding carboxylic acids is 2. The van der Waals surface area contributed by atoms with Gasteiger partial charge in [-0.25, -0.2) is 4.98 Å². The Morgan fingerprint density at radius 3 is 2.47 bits per heavy atom. The maximum Gasteiger partial charge on any atom is 0.227 e. The van der Waals surface area contributed by atoms with Crippen LogP contribution in [-0.4, -0.2) is 27.8 Å². The second-order valence-electron chi connectivity index (χ2n) is 9.01. The third-order valence-electron chi connectivity index (χ3n) is 6.64. The number of rotatable bonds is 8. The molecule has 172 valence electrons. The summed E-state index contributed by atoms with van der Waals surface area (Å²) < 4.78 is 2.00. The van der Waals surface area contributed by atoms with Crippen LogP contribution >= 0.6 is 0 Å². The van der Waals surface area contributed by atoms with Gasteiger partial charge >= 0.3 is 0 Å². The molecule has 1 fully saturated rings. The SMILES string of the molecule is CCCCc1ccc(N2CC(c3nc4ccccc4n3CC(=O)c3ccccc3)CC2=O)cc1. The minimum absolute atomic E-state index is 0.0360. The lowest BCUT2D eigenvalue weighted by atomic mass is 10.1. The molecule has 1 atom stereocenters. The molecule has 0 N–H and O–H groups in total. The smallest absolute Gasteiger partial charge is 0.227 e. The fourth-order valence-corrected chi connectivity index (χ4v) is 4.78. The second-order valence-corrected chi connectivity index (χ2v) is 9.01. The Hall–Kier alpha value is -3.73. The van der Waals surface area contributed by atoms with E-state index in [1.807, 2.05) is 76.2 Å². The minimum Gasteiger partial charge on any atom is -0.320 e. The number of ketones is 1. The Bertz CT molecular complexity index is 1310. The van der Waals surface area contributed by atoms with Crippen molar-refractivity contribution in [3.63, 3.8) is 0 Å². The lowest BCUT2D eigenvalue weighted by molar-refractivity contribution is -0.117. The van der Waals surface area contributed by atoms with Gasteiger partial charge in [0, 0.05) is 30.1 Å². The van der Waals surface area contributed by atoms with E-state index in [9.17, 15) is 9.59 Å². The Morgan fingerprint density at radius 1 is 0.971 bits per heavy atom. The number of hydrogen-bond donors (Lipinski definition) is 0. The molecular weight excluding hydrogens is 422 g/mol. The molecule has 0 aliphatic carbocycles. The van der Waals surface area contributed by atoms with Crippen LogP contribution in [0, 0.1) is 0 Å². The number of fused-ring (bicyclic) bond motifs is 1. The van der Waals surface area contributed by atoms with Crippen LogP contribution in [0.15, 0.2) is 78.9 Å². The number of aromatic nitrogens is 2. The van der Waals surface area contributed by atoms with E-state index in [0.29, 0.717) is 18.5 Å². The first-order valence-corrected chi connectivity index (χ1v) is 12.1. The molecule has 1 aliphatic heterocycles. The standard InChI is InChI=1S/C29H29N3O2/c1-2-3-9-21-14-16-24(17-15-21)31-19-23(18-28(31)34)29-30-25-12-7-8-13-26(25)32(29)20-27(33)22-10-5-4-6-11-22/h4-8,10-17,23H,2-3,9,18-20H2,1H3. The highest BCUT2D eigenvalue weighted by Gasteiger charge is 2.35. The van der Waals surface area contributed by atoms with E-state index in [1.165, 1.54) is 18.4 Å². The first-order valence-electron chi connectivity index (χ1n) is 12.1. The maximum atomic E-state index is 13.1. The highest BCUT2D eigenvalue weighted by Crippen LogP contribution is 2.33. The van der Waals surface area contributed by atoms with Gasteiger partial charge in [0.1, 0.15) is 5.82 Å². The van der Waals surface area contributed by atoms with E-state index >= 15 is 0 Å². The number of nitrogens with zero attached hydrogens (tertiary/aromatic N) is 3. The first kappa shape index (κ1) is 22.1. The second kappa shape index (κ2) is 9.64. The summed E-state index contributed by atoms with van der Waals surface area (Å²) in [5, 5.41) is 0. The summed E-state index contributed by atoms with van der Waals surface area (Å²) in [6.07, 6.45) is 3.79. The van der Waals surface area contributed by atoms with Gasteiger partial charge in [-0.05, 0) is 42.7 Å². The summed E-state index contributed by atoms with van der Waals surface area (Å²) >= 11 is 0. The summed E-state index contributed by atoms with van der Waals surface area (Å²) in [6, 6.07) is 25.6. The van der Waals surface area contributed by atoms with Gasteiger partial charge in [-0.2, -0.15) is 0 Å². The number of amides is 1. The lowest BCUT2D eigenvalue weighted by Gasteiger charge is -2.18. The quantitative estimate of drug-likeness (QED) is 0.319. The molecule has 3 aromatic carbocycles. The number of para-hydroxylation sites is 2. The van der Waals surface area contributed by atoms with E-state index in [4.69, 9.17) is 4.98 Å². The summed E-state index contributed by atoms with van der Waals surface area (Å²) in [7, 11) is 0. The van der Waals surface area contributed by atoms with E-state index in [-0.39, 0.29) is 24.2 Å². The highest BCUT2D eigenvalue weighted by molar-refractivity contribution is 5.98. The Kier molecular flexibility index (Phi) is 6.26. The lowest BCUT2D eigenvalue weighted by Crippen LogP contribution is -2.24. The van der Waals surface area contributed by atoms with Crippen molar-refractivity contribution >= 4 is 28.4 Å². The average Bonchev–Trinajstić information content (AvgIpc) is 3.44. The predicted molar refractivity (Wildman–Crippen MR) is 135 cm³/mol. The fraction of sp³-hybridized carbons (Fsp3) is 0.276. The van der Waals surface area contributed by atoms with Crippen LogP contribution in [-0.2, 0) is 17.8 Å². The van der Waals surface area contributed by atoms with Gasteiger partial charge in [0.05, 0.1) is 17.6 Å². The van der Waals surface area contributed by atoms with Crippen molar-refractivity contribution in [1.82, 2.24) is 9.55 Å². The van der Waals surface area contributed by atoms with Crippen molar-refractivity contribution in [2.24, 2.45) is 0 Å². The van der Waals surface area contributed by atoms with E-state index in [0.717, 1.165) is 29.0 Å². The summed E-state index contributed by atoms with van der Waals surface area (Å²) in [4.78, 5) is 32.8. The van der Waals surface area contributed by atoms with Crippen molar-refractivity contribution in [2.75, 3.05) is 11.4 Å². The van der Waals surface area contributed by atoms with Crippen LogP contribution in [0.4, 0.5) is 5.69 Å². The molecule has 1 amide bonds. The molecule has 4 aromatic rings. The van der Waals surface area contributed by atoms with Gasteiger partial charge in [-0.15, -0.1) is 0 Å². The average molecular weight is 452 g/mol. The molecule has 5 heteroatoms. The molecule has 0 spiro atoms. The summed E-state index contributed by atoms with van der Waals surface area (Å²) in [5.41, 5.74) is 4.68. The monoisotopic (exact) mass is 451 g/mol. The molecule has 5 nitrogen and oxygen atoms in total. The van der Waals surface area contributed by atoms with Gasteiger partial charge in [0.25, 0.3) is 0 Å². The van der Waals surface area contributed by atoms with Crippen molar-refractivity contribution < 1.29 is 9.59 Å². The van der Waals surface area contributed by atoms with Crippen molar-refractivity contribution in [2.45, 2.75) is 45.1 Å². The minimum atomic E-state index is -0.0664. The van der Waals surface area contributed by atoms with Crippen molar-refractivity contribution in [3.05, 3.63) is 95.8 Å². The highest BCUT2D eigenvalue weighted by atomic mass is 16.2. The van der Waals surface area contributed by atoms with E-state index < -0.39 is 0 Å². The number of anilines is 1. The van der Waals surface area contributed by atoms with E-state index in [1.54, 1.807) is 0 Å². The van der Waals surface area contributed by atoms with Crippen molar-refractivity contribution in [3.8, 4) is 0 Å². The molecule has 0 saturated carbocycles. The molecule has 5 rings (SSSR count). The topological polar surface area (TPSA) is 55.2 Å². The molecular formula is C29H29N3O2. The zero-order valence-corrected chi connectivity index (χ0v) is 19.5. The predicted octanol–water partition coefficient (Wildman–Crippen LogP) is 5.78. The summed E-state index contributed by atoms with van der Waals surface area (Å²) in [5.74, 6) is 0.872. The van der Waals surface area contributed by atoms with Gasteiger partial charge in [0.15, 0.2) is 5.78 Å². The molecule has 1 aromatic heterocycles. The molecule has 1 aliphatic rings. The number of carbonyl (C=O) groups is 2. The molecule has 1 unspecified atom stereocenters. The van der Waals surface area contributed by atoms with Crippen LogP contribution in [0.2, 0.25) is 0 Å². The normalized spacial score (nSPS) is 15.9. The number of Topliss-reactive ketones (excluding diaryl/α,β-unsaturated/α-hetero) is 1. The Labute approximate surface area is 200 Å². The summed E-state index contributed by atoms with van der Waals surface area (Å²) in [6.45, 7) is 2.96. The van der Waals surface area contributed by atoms with E-state index in [2.05, 4.69) is 19.1 Å². The third kappa shape index (κ3) is 4.38. The zero-order valence-electron chi connectivity index (χ0n) is 19.5. The fourth-order valence-electron chi connectivity index (χ4n) is 4.78. The largest absolute Gasteiger partial charge is 0.320 e. The molecule has 2 heterocycles. The molecule has 0 bridgehead atoms. The third-order valence-corrected chi connectivity index (χ3v) is 6.64. The van der Waals surface area contributed by atoms with Gasteiger partial charge in [0.2, 0.25) is 5.91 Å². The van der Waals surface area contributed by atoms with Crippen LogP contribution in [0.1, 0.15) is 53.8 Å². The van der Waals surface area contributed by atoms with Crippen LogP contribution in [0.3, 0.4) is 0 Å². The van der Waals surface area contributed by atoms with Gasteiger partial charge < -0.3 is 9.47 Å². The molecule has 1 saturated heterocycles. The number of unbranched alkanes of at least 4 members (excludes halogenated alkanes) is 1. The number of imidazole rings is 1. The van der Waals surface area contributed by atoms with Crippen molar-refractivity contribution in [1.29, 1.82) is 0 Å². The first-order chi connectivity index (χ1) is 16.6. The molecule has 0 radical (unpaired) electrons. The number of aryl methyl sites for hydroxylation is 1. The Balaban J connectivity index is 1.42. The number of benzene rings is 3. The van der Waals surface area contributed by atoms with Crippen LogP contribution < -0.4 is 4.90 Å². The maximum absolute atomic E-state index is 13.1. The van der Waals surface area contributed by atoms with Gasteiger partial charge in [-0.3, -0.25) is 9.59 Å². The van der Waals surface area contributed by atoms with Crippen LogP contribution in [0.25, 0.3) is 11.0 Å². The molecule has 34 heavy (non-hydrogen) atoms. The number of hydrogen-bond acceptors (Lipinski definition) is 3.